The number of alkyl halides is 1. The molecule has 0 unspecified atom stereocenters. The first-order chi connectivity index (χ1) is 19.3. The molecule has 0 N–H and O–H groups in total. The summed E-state index contributed by atoms with van der Waals surface area (Å²) in [6.45, 7) is 8.55. The quantitative estimate of drug-likeness (QED) is 0.233. The number of anilines is 1. The predicted octanol–water partition coefficient (Wildman–Crippen LogP) is 6.47. The highest BCUT2D eigenvalue weighted by Crippen LogP contribution is 2.22. The van der Waals surface area contributed by atoms with Crippen LogP contribution < -0.4 is 9.64 Å². The fraction of sp³-hybridized carbons (Fsp3) is 0.485. The number of hydrogen-bond donors (Lipinski definition) is 0. The molecule has 39 heavy (non-hydrogen) atoms. The van der Waals surface area contributed by atoms with Crippen LogP contribution >= 0.6 is 0 Å². The summed E-state index contributed by atoms with van der Waals surface area (Å²) in [5.41, 5.74) is 2.06. The fourth-order valence-electron chi connectivity index (χ4n) is 5.69. The number of ether oxygens (including phenoxy) is 1. The van der Waals surface area contributed by atoms with Crippen molar-refractivity contribution in [3.63, 3.8) is 0 Å². The van der Waals surface area contributed by atoms with Crippen molar-refractivity contribution in [2.24, 2.45) is 0 Å². The lowest BCUT2D eigenvalue weighted by atomic mass is 10.0. The number of ketones is 1. The molecule has 0 aliphatic carbocycles. The lowest BCUT2D eigenvalue weighted by Crippen LogP contribution is -2.48. The smallest absolute Gasteiger partial charge is 0.177 e. The van der Waals surface area contributed by atoms with Crippen LogP contribution in [0.4, 0.5) is 10.1 Å². The number of carbonyl (C=O) groups is 1. The van der Waals surface area contributed by atoms with E-state index in [0.717, 1.165) is 67.8 Å². The molecule has 0 radical (unpaired) electrons. The third-order valence-corrected chi connectivity index (χ3v) is 7.87. The third kappa shape index (κ3) is 8.51. The molecule has 0 aromatic heterocycles. The molecule has 0 atom stereocenters. The molecule has 2 aliphatic rings. The molecule has 5 rings (SSSR count). The van der Waals surface area contributed by atoms with Gasteiger partial charge in [0, 0.05) is 44.0 Å². The molecule has 0 spiro atoms. The van der Waals surface area contributed by atoms with E-state index in [1.54, 1.807) is 0 Å². The standard InChI is InChI=1S/C32H41N3O2.CH3F/c36-32(31-13-8-11-27-10-4-5-12-30(27)31)26-34-21-23-35(24-22-34)28-14-16-29(17-15-28)37-25-9-20-33-18-6-2-1-3-7-19-33;1-2/h4-5,8,10-17H,1-3,6-7,9,18-26H2;1H3. The summed E-state index contributed by atoms with van der Waals surface area (Å²) in [4.78, 5) is 20.4. The van der Waals surface area contributed by atoms with E-state index in [4.69, 9.17) is 4.74 Å². The summed E-state index contributed by atoms with van der Waals surface area (Å²) in [5, 5.41) is 2.17. The number of carbonyl (C=O) groups excluding carboxylic acids is 1. The van der Waals surface area contributed by atoms with Crippen molar-refractivity contribution in [1.29, 1.82) is 0 Å². The summed E-state index contributed by atoms with van der Waals surface area (Å²) < 4.78 is 15.5. The van der Waals surface area contributed by atoms with Crippen molar-refractivity contribution in [3.05, 3.63) is 72.3 Å². The minimum atomic E-state index is 0.207. The van der Waals surface area contributed by atoms with Gasteiger partial charge in [0.05, 0.1) is 20.3 Å². The molecule has 0 bridgehead atoms. The molecule has 2 heterocycles. The zero-order valence-electron chi connectivity index (χ0n) is 23.5. The highest BCUT2D eigenvalue weighted by atomic mass is 19.1. The van der Waals surface area contributed by atoms with Gasteiger partial charge in [-0.05, 0) is 67.4 Å². The SMILES string of the molecule is CF.O=C(CN1CCN(c2ccc(OCCCN3CCCCCCC3)cc2)CC1)c1cccc2ccccc12. The molecular formula is C33H44FN3O2. The number of piperazine rings is 1. The Kier molecular flexibility index (Phi) is 11.6. The topological polar surface area (TPSA) is 36.0 Å². The van der Waals surface area contributed by atoms with Gasteiger partial charge in [-0.3, -0.25) is 14.1 Å². The molecule has 2 aliphatic heterocycles. The van der Waals surface area contributed by atoms with Crippen LogP contribution in [0.2, 0.25) is 0 Å². The third-order valence-electron chi connectivity index (χ3n) is 7.87. The highest BCUT2D eigenvalue weighted by molar-refractivity contribution is 6.09. The minimum absolute atomic E-state index is 0.207. The first-order valence-corrected chi connectivity index (χ1v) is 14.6. The summed E-state index contributed by atoms with van der Waals surface area (Å²) >= 11 is 0. The summed E-state index contributed by atoms with van der Waals surface area (Å²) in [6, 6.07) is 22.7. The Hall–Kier alpha value is -2.96. The maximum absolute atomic E-state index is 13.1. The van der Waals surface area contributed by atoms with E-state index in [0.29, 0.717) is 13.7 Å². The van der Waals surface area contributed by atoms with Gasteiger partial charge in [0.2, 0.25) is 0 Å². The van der Waals surface area contributed by atoms with Gasteiger partial charge in [0.1, 0.15) is 5.75 Å². The van der Waals surface area contributed by atoms with Crippen molar-refractivity contribution in [1.82, 2.24) is 9.80 Å². The monoisotopic (exact) mass is 533 g/mol. The van der Waals surface area contributed by atoms with Gasteiger partial charge in [0.25, 0.3) is 0 Å². The first-order valence-electron chi connectivity index (χ1n) is 14.6. The zero-order chi connectivity index (χ0) is 27.3. The van der Waals surface area contributed by atoms with Gasteiger partial charge in [-0.15, -0.1) is 0 Å². The molecule has 0 saturated carbocycles. The highest BCUT2D eigenvalue weighted by Gasteiger charge is 2.21. The maximum atomic E-state index is 13.1. The summed E-state index contributed by atoms with van der Waals surface area (Å²) in [7, 11) is 0.500. The number of nitrogens with zero attached hydrogens (tertiary/aromatic N) is 3. The maximum Gasteiger partial charge on any atom is 0.177 e. The van der Waals surface area contributed by atoms with E-state index < -0.39 is 0 Å². The molecule has 6 heteroatoms. The summed E-state index contributed by atoms with van der Waals surface area (Å²) in [6.07, 6.45) is 7.96. The minimum Gasteiger partial charge on any atom is -0.494 e. The zero-order valence-corrected chi connectivity index (χ0v) is 23.5. The van der Waals surface area contributed by atoms with Crippen LogP contribution in [0.1, 0.15) is 48.9 Å². The molecule has 3 aromatic carbocycles. The average molecular weight is 534 g/mol. The Labute approximate surface area is 233 Å². The van der Waals surface area contributed by atoms with Crippen molar-refractivity contribution in [2.45, 2.75) is 38.5 Å². The van der Waals surface area contributed by atoms with Gasteiger partial charge in [-0.2, -0.15) is 0 Å². The van der Waals surface area contributed by atoms with Gasteiger partial charge < -0.3 is 14.5 Å². The molecular weight excluding hydrogens is 489 g/mol. The molecule has 210 valence electrons. The Balaban J connectivity index is 0.00000172. The second-order valence-corrected chi connectivity index (χ2v) is 10.5. The van der Waals surface area contributed by atoms with E-state index in [1.807, 2.05) is 30.3 Å². The number of Topliss-reactive ketones (excluding diaryl/α,β-unsaturated/α-hetero) is 1. The molecule has 2 saturated heterocycles. The lowest BCUT2D eigenvalue weighted by molar-refractivity contribution is 0.0928. The van der Waals surface area contributed by atoms with Crippen molar-refractivity contribution in [2.75, 3.05) is 71.0 Å². The number of fused-ring (bicyclic) bond motifs is 1. The Morgan fingerprint density at radius 3 is 2.15 bits per heavy atom. The van der Waals surface area contributed by atoms with Crippen LogP contribution in [0, 0.1) is 0 Å². The van der Waals surface area contributed by atoms with Gasteiger partial charge in [-0.1, -0.05) is 61.7 Å². The normalized spacial score (nSPS) is 17.1. The Morgan fingerprint density at radius 2 is 1.41 bits per heavy atom. The van der Waals surface area contributed by atoms with Crippen molar-refractivity contribution in [3.8, 4) is 5.75 Å². The molecule has 2 fully saturated rings. The Morgan fingerprint density at radius 1 is 0.744 bits per heavy atom. The second kappa shape index (κ2) is 15.6. The van der Waals surface area contributed by atoms with E-state index in [2.05, 4.69) is 51.1 Å². The lowest BCUT2D eigenvalue weighted by Gasteiger charge is -2.35. The van der Waals surface area contributed by atoms with Gasteiger partial charge in [0.15, 0.2) is 5.78 Å². The van der Waals surface area contributed by atoms with E-state index in [1.165, 1.54) is 50.9 Å². The fourth-order valence-corrected chi connectivity index (χ4v) is 5.69. The van der Waals surface area contributed by atoms with E-state index >= 15 is 0 Å². The van der Waals surface area contributed by atoms with Gasteiger partial charge >= 0.3 is 0 Å². The molecule has 0 amide bonds. The van der Waals surface area contributed by atoms with Crippen LogP contribution in [-0.2, 0) is 0 Å². The molecule has 3 aromatic rings. The Bertz CT molecular complexity index is 1130. The van der Waals surface area contributed by atoms with Crippen molar-refractivity contribution < 1.29 is 13.9 Å². The number of halogens is 1. The first kappa shape index (κ1) is 29.0. The molecule has 5 nitrogen and oxygen atoms in total. The van der Waals surface area contributed by atoms with Crippen molar-refractivity contribution >= 4 is 22.2 Å². The van der Waals surface area contributed by atoms with Crippen LogP contribution in [0.3, 0.4) is 0 Å². The van der Waals surface area contributed by atoms with Crippen LogP contribution in [0.15, 0.2) is 66.7 Å². The van der Waals surface area contributed by atoms with Crippen LogP contribution in [-0.4, -0.2) is 81.7 Å². The second-order valence-electron chi connectivity index (χ2n) is 10.5. The number of likely N-dealkylation sites (tertiary alicyclic amines) is 1. The van der Waals surface area contributed by atoms with Gasteiger partial charge in [-0.25, -0.2) is 0 Å². The number of hydrogen-bond acceptors (Lipinski definition) is 5. The largest absolute Gasteiger partial charge is 0.494 e. The predicted molar refractivity (Wildman–Crippen MR) is 160 cm³/mol. The number of rotatable bonds is 9. The van der Waals surface area contributed by atoms with E-state index in [-0.39, 0.29) is 5.78 Å². The van der Waals surface area contributed by atoms with E-state index in [9.17, 15) is 9.18 Å². The average Bonchev–Trinajstić information content (AvgIpc) is 2.97. The van der Waals surface area contributed by atoms with Crippen LogP contribution in [0.5, 0.6) is 5.75 Å². The van der Waals surface area contributed by atoms with Crippen LogP contribution in [0.25, 0.3) is 10.8 Å². The number of benzene rings is 3. The summed E-state index contributed by atoms with van der Waals surface area (Å²) in [5.74, 6) is 1.16.